The predicted octanol–water partition coefficient (Wildman–Crippen LogP) is 4.88. The zero-order valence-electron chi connectivity index (χ0n) is 20.3. The van der Waals surface area contributed by atoms with E-state index in [1.54, 1.807) is 11.8 Å². The number of amides is 2. The van der Waals surface area contributed by atoms with Crippen molar-refractivity contribution in [2.45, 2.75) is 45.2 Å². The number of H-pyrrole nitrogens is 1. The Morgan fingerprint density at radius 1 is 1.24 bits per heavy atom. The lowest BCUT2D eigenvalue weighted by Gasteiger charge is -2.33. The van der Waals surface area contributed by atoms with E-state index in [0.29, 0.717) is 36.4 Å². The Kier molecular flexibility index (Phi) is 6.45. The summed E-state index contributed by atoms with van der Waals surface area (Å²) in [5.74, 6) is -1.40. The Bertz CT molecular complexity index is 1440. The van der Waals surface area contributed by atoms with Gasteiger partial charge in [-0.1, -0.05) is 11.6 Å². The van der Waals surface area contributed by atoms with E-state index < -0.39 is 11.6 Å². The lowest BCUT2D eigenvalue weighted by molar-refractivity contribution is -0.129. The maximum absolute atomic E-state index is 15.3. The molecule has 1 unspecified atom stereocenters. The van der Waals surface area contributed by atoms with Crippen molar-refractivity contribution in [2.75, 3.05) is 17.2 Å². The van der Waals surface area contributed by atoms with Crippen LogP contribution in [0.4, 0.5) is 20.3 Å². The van der Waals surface area contributed by atoms with Crippen molar-refractivity contribution in [3.8, 4) is 11.3 Å². The van der Waals surface area contributed by atoms with Crippen molar-refractivity contribution in [1.29, 1.82) is 0 Å². The first-order valence-corrected chi connectivity index (χ1v) is 12.3. The van der Waals surface area contributed by atoms with E-state index in [2.05, 4.69) is 15.0 Å². The third-order valence-electron chi connectivity index (χ3n) is 6.98. The average Bonchev–Trinajstić information content (AvgIpc) is 3.51. The van der Waals surface area contributed by atoms with Crippen LogP contribution in [0.15, 0.2) is 36.7 Å². The molecule has 3 N–H and O–H groups in total. The monoisotopic (exact) mass is 526 g/mol. The Morgan fingerprint density at radius 2 is 2.03 bits per heavy atom. The minimum absolute atomic E-state index is 0.0516. The number of aromatic nitrogens is 3. The van der Waals surface area contributed by atoms with Gasteiger partial charge in [-0.2, -0.15) is 0 Å². The van der Waals surface area contributed by atoms with Crippen molar-refractivity contribution >= 4 is 40.5 Å². The van der Waals surface area contributed by atoms with Gasteiger partial charge >= 0.3 is 0 Å². The molecule has 4 heterocycles. The van der Waals surface area contributed by atoms with Crippen molar-refractivity contribution < 1.29 is 18.4 Å². The molecule has 0 spiro atoms. The first kappa shape index (κ1) is 24.9. The van der Waals surface area contributed by atoms with Crippen LogP contribution in [0.2, 0.25) is 5.02 Å². The zero-order valence-corrected chi connectivity index (χ0v) is 21.0. The van der Waals surface area contributed by atoms with Gasteiger partial charge in [0.15, 0.2) is 17.5 Å². The standard InChI is InChI=1S/C26H25ClF2N6O2/c1-3-34(13(2)36)26-23(28)16(8-9-31-26)19-12-32-25(33-19)20-7-4-15-10-14(11-21(37)35(15)20)22-18(30)6-5-17(27)24(22)29/h5-6,8-9,11-12,15,20H,3-4,7,10,30H2,1-2H3,(H,32,33)/t15?,20-/m0/s1. The maximum atomic E-state index is 15.3. The number of pyridine rings is 1. The fourth-order valence-electron chi connectivity index (χ4n) is 5.28. The minimum atomic E-state index is -0.637. The summed E-state index contributed by atoms with van der Waals surface area (Å²) >= 11 is 5.96. The largest absolute Gasteiger partial charge is 0.398 e. The van der Waals surface area contributed by atoms with E-state index in [9.17, 15) is 14.0 Å². The molecular weight excluding hydrogens is 502 g/mol. The number of hydrogen-bond acceptors (Lipinski definition) is 5. The van der Waals surface area contributed by atoms with Gasteiger partial charge in [-0.15, -0.1) is 0 Å². The summed E-state index contributed by atoms with van der Waals surface area (Å²) in [5.41, 5.74) is 7.55. The molecule has 5 rings (SSSR count). The molecule has 0 radical (unpaired) electrons. The van der Waals surface area contributed by atoms with Crippen molar-refractivity contribution in [1.82, 2.24) is 19.9 Å². The summed E-state index contributed by atoms with van der Waals surface area (Å²) in [6.45, 7) is 3.37. The van der Waals surface area contributed by atoms with Crippen LogP contribution < -0.4 is 10.6 Å². The summed E-state index contributed by atoms with van der Waals surface area (Å²) in [4.78, 5) is 39.7. The van der Waals surface area contributed by atoms with Gasteiger partial charge in [0, 0.05) is 48.6 Å². The number of hydrogen-bond donors (Lipinski definition) is 2. The van der Waals surface area contributed by atoms with Crippen LogP contribution in [-0.2, 0) is 9.59 Å². The van der Waals surface area contributed by atoms with Crippen LogP contribution in [0.25, 0.3) is 16.8 Å². The number of nitrogens with zero attached hydrogens (tertiary/aromatic N) is 4. The minimum Gasteiger partial charge on any atom is -0.398 e. The van der Waals surface area contributed by atoms with E-state index in [0.717, 1.165) is 0 Å². The van der Waals surface area contributed by atoms with Crippen molar-refractivity contribution in [2.24, 2.45) is 0 Å². The number of benzene rings is 1. The van der Waals surface area contributed by atoms with Crippen LogP contribution in [0, 0.1) is 11.6 Å². The molecule has 2 aromatic heterocycles. The van der Waals surface area contributed by atoms with Gasteiger partial charge in [-0.25, -0.2) is 18.7 Å². The number of carbonyl (C=O) groups is 2. The zero-order chi connectivity index (χ0) is 26.4. The molecule has 8 nitrogen and oxygen atoms in total. The van der Waals surface area contributed by atoms with E-state index in [1.807, 2.05) is 0 Å². The Balaban J connectivity index is 1.44. The molecule has 1 aromatic carbocycles. The highest BCUT2D eigenvalue weighted by atomic mass is 35.5. The summed E-state index contributed by atoms with van der Waals surface area (Å²) in [5, 5.41) is -0.0516. The van der Waals surface area contributed by atoms with E-state index >= 15 is 4.39 Å². The normalized spacial score (nSPS) is 19.1. The fourth-order valence-corrected chi connectivity index (χ4v) is 5.44. The Hall–Kier alpha value is -3.79. The average molecular weight is 527 g/mol. The molecule has 37 heavy (non-hydrogen) atoms. The van der Waals surface area contributed by atoms with Gasteiger partial charge in [0.1, 0.15) is 5.82 Å². The molecule has 3 aromatic rings. The smallest absolute Gasteiger partial charge is 0.247 e. The van der Waals surface area contributed by atoms with Gasteiger partial charge < -0.3 is 15.6 Å². The summed E-state index contributed by atoms with van der Waals surface area (Å²) < 4.78 is 30.1. The second-order valence-electron chi connectivity index (χ2n) is 9.13. The summed E-state index contributed by atoms with van der Waals surface area (Å²) in [7, 11) is 0. The molecule has 0 aliphatic carbocycles. The summed E-state index contributed by atoms with van der Waals surface area (Å²) in [6, 6.07) is 3.91. The SMILES string of the molecule is CCN(C(C)=O)c1nccc(-c2cnc([C@@H]3CCC4CC(c5c(N)ccc(Cl)c5F)=CC(=O)N43)[nH]2)c1F. The Labute approximate surface area is 217 Å². The number of carbonyl (C=O) groups excluding carboxylic acids is 2. The highest BCUT2D eigenvalue weighted by molar-refractivity contribution is 6.31. The molecule has 192 valence electrons. The van der Waals surface area contributed by atoms with Gasteiger partial charge in [-0.3, -0.25) is 14.5 Å². The second-order valence-corrected chi connectivity index (χ2v) is 9.54. The lowest BCUT2D eigenvalue weighted by atomic mass is 9.92. The quantitative estimate of drug-likeness (QED) is 0.461. The number of rotatable bonds is 5. The van der Waals surface area contributed by atoms with Gasteiger partial charge in [0.25, 0.3) is 0 Å². The fraction of sp³-hybridized carbons (Fsp3) is 0.308. The molecule has 2 aliphatic rings. The van der Waals surface area contributed by atoms with E-state index in [4.69, 9.17) is 17.3 Å². The maximum Gasteiger partial charge on any atom is 0.247 e. The number of halogens is 3. The van der Waals surface area contributed by atoms with E-state index in [-0.39, 0.29) is 58.1 Å². The molecule has 2 atom stereocenters. The number of nitrogens with one attached hydrogen (secondary N) is 1. The third-order valence-corrected chi connectivity index (χ3v) is 7.27. The summed E-state index contributed by atoms with van der Waals surface area (Å²) in [6.07, 6.45) is 6.09. The molecule has 1 saturated heterocycles. The van der Waals surface area contributed by atoms with Crippen LogP contribution in [-0.4, -0.2) is 44.3 Å². The van der Waals surface area contributed by atoms with Crippen molar-refractivity contribution in [3.63, 3.8) is 0 Å². The number of nitrogen functional groups attached to an aromatic ring is 1. The van der Waals surface area contributed by atoms with Crippen LogP contribution in [0.1, 0.15) is 50.5 Å². The molecule has 11 heteroatoms. The molecule has 0 saturated carbocycles. The number of fused-ring (bicyclic) bond motifs is 1. The van der Waals surface area contributed by atoms with Gasteiger partial charge in [0.05, 0.1) is 23.0 Å². The first-order valence-electron chi connectivity index (χ1n) is 12.0. The molecule has 0 bridgehead atoms. The highest BCUT2D eigenvalue weighted by Crippen LogP contribution is 2.44. The Morgan fingerprint density at radius 3 is 2.76 bits per heavy atom. The number of anilines is 2. The van der Waals surface area contributed by atoms with Crippen molar-refractivity contribution in [3.05, 3.63) is 64.7 Å². The molecule has 2 aliphatic heterocycles. The molecule has 2 amide bonds. The number of imidazole rings is 1. The predicted molar refractivity (Wildman–Crippen MR) is 137 cm³/mol. The van der Waals surface area contributed by atoms with Crippen LogP contribution in [0.3, 0.4) is 0 Å². The van der Waals surface area contributed by atoms with Crippen LogP contribution in [0.5, 0.6) is 0 Å². The topological polar surface area (TPSA) is 108 Å². The van der Waals surface area contributed by atoms with Crippen LogP contribution >= 0.6 is 11.6 Å². The number of aromatic amines is 1. The molecule has 1 fully saturated rings. The first-order chi connectivity index (χ1) is 17.7. The molecular formula is C26H25ClF2N6O2. The highest BCUT2D eigenvalue weighted by Gasteiger charge is 2.42. The lowest BCUT2D eigenvalue weighted by Crippen LogP contribution is -2.39. The number of nitrogens with two attached hydrogens (primary N) is 1. The van der Waals surface area contributed by atoms with Gasteiger partial charge in [0.2, 0.25) is 11.8 Å². The second kappa shape index (κ2) is 9.59. The third kappa shape index (κ3) is 4.25. The van der Waals surface area contributed by atoms with E-state index in [1.165, 1.54) is 48.5 Å². The van der Waals surface area contributed by atoms with Gasteiger partial charge in [-0.05, 0) is 50.0 Å².